The van der Waals surface area contributed by atoms with Gasteiger partial charge in [0.15, 0.2) is 0 Å². The first-order chi connectivity index (χ1) is 9.89. The van der Waals surface area contributed by atoms with Crippen LogP contribution in [0.2, 0.25) is 0 Å². The van der Waals surface area contributed by atoms with E-state index < -0.39 is 0 Å². The predicted molar refractivity (Wildman–Crippen MR) is 89.9 cm³/mol. The lowest BCUT2D eigenvalue weighted by atomic mass is 10.0. The Morgan fingerprint density at radius 2 is 0.850 bits per heavy atom. The summed E-state index contributed by atoms with van der Waals surface area (Å²) in [4.78, 5) is 0. The van der Waals surface area contributed by atoms with Crippen LogP contribution in [0.15, 0.2) is 0 Å². The molecule has 0 saturated carbocycles. The second-order valence-corrected chi connectivity index (χ2v) is 6.63. The van der Waals surface area contributed by atoms with E-state index in [0.717, 1.165) is 6.54 Å². The van der Waals surface area contributed by atoms with Crippen LogP contribution >= 0.6 is 0 Å². The summed E-state index contributed by atoms with van der Waals surface area (Å²) in [6.45, 7) is 2.37. The molecule has 0 aromatic carbocycles. The Kier molecular flexibility index (Phi) is 12.5. The minimum absolute atomic E-state index is 1.16. The molecule has 0 amide bonds. The van der Waals surface area contributed by atoms with E-state index in [0.29, 0.717) is 0 Å². The molecule has 20 heavy (non-hydrogen) atoms. The van der Waals surface area contributed by atoms with Crippen molar-refractivity contribution < 1.29 is 0 Å². The Morgan fingerprint density at radius 3 is 1.30 bits per heavy atom. The van der Waals surface area contributed by atoms with Crippen LogP contribution in [-0.4, -0.2) is 25.1 Å². The van der Waals surface area contributed by atoms with Crippen LogP contribution in [0.4, 0.5) is 0 Å². The zero-order valence-electron chi connectivity index (χ0n) is 14.0. The zero-order chi connectivity index (χ0) is 14.3. The van der Waals surface area contributed by atoms with E-state index in [2.05, 4.69) is 17.5 Å². The molecule has 0 aromatic rings. The van der Waals surface area contributed by atoms with Gasteiger partial charge in [-0.15, -0.1) is 0 Å². The van der Waals surface area contributed by atoms with Crippen molar-refractivity contribution >= 4 is 0 Å². The molecule has 2 heteroatoms. The van der Waals surface area contributed by atoms with E-state index in [1.165, 1.54) is 103 Å². The first kappa shape index (κ1) is 18.0. The molecule has 1 aliphatic rings. The summed E-state index contributed by atoms with van der Waals surface area (Å²) in [5, 5.41) is 2.30. The van der Waals surface area contributed by atoms with Gasteiger partial charge in [-0.2, -0.15) is 0 Å². The van der Waals surface area contributed by atoms with Gasteiger partial charge in [-0.05, 0) is 12.8 Å². The second-order valence-electron chi connectivity index (χ2n) is 6.63. The van der Waals surface area contributed by atoms with Crippen LogP contribution in [0.5, 0.6) is 0 Å². The molecule has 1 heterocycles. The highest BCUT2D eigenvalue weighted by Gasteiger charge is 1.99. The molecular formula is C18H38N2. The molecule has 0 aromatic heterocycles. The summed E-state index contributed by atoms with van der Waals surface area (Å²) in [5.74, 6) is 0. The molecule has 0 atom stereocenters. The molecule has 1 fully saturated rings. The highest BCUT2D eigenvalue weighted by Crippen LogP contribution is 2.13. The van der Waals surface area contributed by atoms with Crippen molar-refractivity contribution in [3.05, 3.63) is 0 Å². The summed E-state index contributed by atoms with van der Waals surface area (Å²) in [7, 11) is 2.20. The van der Waals surface area contributed by atoms with Gasteiger partial charge in [-0.1, -0.05) is 83.5 Å². The van der Waals surface area contributed by atoms with Gasteiger partial charge >= 0.3 is 0 Å². The highest BCUT2D eigenvalue weighted by atomic mass is 15.5. The van der Waals surface area contributed by atoms with Crippen LogP contribution in [0.3, 0.4) is 0 Å². The maximum atomic E-state index is 3.53. The standard InChI is InChI=1S/C18H38N2/c1-20-18-16-14-12-10-8-6-4-2-3-5-7-9-11-13-15-17-19-20/h19H,2-18H2,1H3. The Bertz CT molecular complexity index is 174. The van der Waals surface area contributed by atoms with Gasteiger partial charge < -0.3 is 0 Å². The molecule has 0 spiro atoms. The van der Waals surface area contributed by atoms with E-state index >= 15 is 0 Å². The van der Waals surface area contributed by atoms with Gasteiger partial charge in [0, 0.05) is 20.1 Å². The van der Waals surface area contributed by atoms with Gasteiger partial charge in [0.05, 0.1) is 0 Å². The molecule has 1 saturated heterocycles. The highest BCUT2D eigenvalue weighted by molar-refractivity contribution is 4.53. The van der Waals surface area contributed by atoms with Crippen molar-refractivity contribution in [3.63, 3.8) is 0 Å². The normalized spacial score (nSPS) is 24.4. The van der Waals surface area contributed by atoms with Gasteiger partial charge in [0.25, 0.3) is 0 Å². The molecule has 1 rings (SSSR count). The first-order valence-electron chi connectivity index (χ1n) is 9.34. The van der Waals surface area contributed by atoms with Crippen LogP contribution in [-0.2, 0) is 0 Å². The van der Waals surface area contributed by atoms with E-state index in [1.807, 2.05) is 0 Å². The fourth-order valence-electron chi connectivity index (χ4n) is 3.12. The molecule has 0 radical (unpaired) electrons. The summed E-state index contributed by atoms with van der Waals surface area (Å²) >= 11 is 0. The van der Waals surface area contributed by atoms with Crippen molar-refractivity contribution in [1.29, 1.82) is 0 Å². The molecule has 2 nitrogen and oxygen atoms in total. The number of hydrogen-bond acceptors (Lipinski definition) is 2. The molecule has 1 N–H and O–H groups in total. The Balaban J connectivity index is 2.09. The third-order valence-corrected chi connectivity index (χ3v) is 4.55. The van der Waals surface area contributed by atoms with Crippen LogP contribution in [0.25, 0.3) is 0 Å². The number of nitrogens with zero attached hydrogens (tertiary/aromatic N) is 1. The third kappa shape index (κ3) is 11.7. The summed E-state index contributed by atoms with van der Waals surface area (Å²) in [6.07, 6.45) is 21.6. The minimum Gasteiger partial charge on any atom is -0.255 e. The van der Waals surface area contributed by atoms with Crippen molar-refractivity contribution in [1.82, 2.24) is 10.4 Å². The largest absolute Gasteiger partial charge is 0.255 e. The van der Waals surface area contributed by atoms with E-state index in [9.17, 15) is 0 Å². The monoisotopic (exact) mass is 282 g/mol. The van der Waals surface area contributed by atoms with Crippen LogP contribution in [0.1, 0.15) is 96.3 Å². The lowest BCUT2D eigenvalue weighted by molar-refractivity contribution is 0.227. The molecule has 0 bridgehead atoms. The molecule has 0 aliphatic carbocycles. The Morgan fingerprint density at radius 1 is 0.500 bits per heavy atom. The smallest absolute Gasteiger partial charge is 0.0127 e. The van der Waals surface area contributed by atoms with Crippen LogP contribution < -0.4 is 5.43 Å². The summed E-state index contributed by atoms with van der Waals surface area (Å²) < 4.78 is 0. The lowest BCUT2D eigenvalue weighted by Crippen LogP contribution is -2.35. The Labute approximate surface area is 127 Å². The van der Waals surface area contributed by atoms with Crippen molar-refractivity contribution in [2.75, 3.05) is 20.1 Å². The topological polar surface area (TPSA) is 15.3 Å². The maximum Gasteiger partial charge on any atom is 0.0127 e. The SMILES string of the molecule is CN1CCCCCCCCCCCCCCCCCN1. The van der Waals surface area contributed by atoms with E-state index in [-0.39, 0.29) is 0 Å². The predicted octanol–water partition coefficient (Wildman–Crippen LogP) is 5.29. The second kappa shape index (κ2) is 13.9. The van der Waals surface area contributed by atoms with Crippen LogP contribution in [0, 0.1) is 0 Å². The quantitative estimate of drug-likeness (QED) is 0.649. The zero-order valence-corrected chi connectivity index (χ0v) is 14.0. The van der Waals surface area contributed by atoms with Crippen molar-refractivity contribution in [2.45, 2.75) is 96.3 Å². The first-order valence-corrected chi connectivity index (χ1v) is 9.34. The van der Waals surface area contributed by atoms with Crippen molar-refractivity contribution in [3.8, 4) is 0 Å². The average Bonchev–Trinajstić information content (AvgIpc) is 2.45. The molecule has 1 aliphatic heterocycles. The van der Waals surface area contributed by atoms with Crippen molar-refractivity contribution in [2.24, 2.45) is 0 Å². The van der Waals surface area contributed by atoms with Gasteiger partial charge in [-0.25, -0.2) is 5.01 Å². The van der Waals surface area contributed by atoms with E-state index in [1.54, 1.807) is 0 Å². The van der Waals surface area contributed by atoms with Gasteiger partial charge in [0.1, 0.15) is 0 Å². The minimum atomic E-state index is 1.16. The fraction of sp³-hybridized carbons (Fsp3) is 1.00. The molecule has 0 unspecified atom stereocenters. The third-order valence-electron chi connectivity index (χ3n) is 4.55. The number of rotatable bonds is 0. The fourth-order valence-corrected chi connectivity index (χ4v) is 3.12. The van der Waals surface area contributed by atoms with E-state index in [4.69, 9.17) is 0 Å². The van der Waals surface area contributed by atoms with Gasteiger partial charge in [-0.3, -0.25) is 5.43 Å². The maximum absolute atomic E-state index is 3.53. The van der Waals surface area contributed by atoms with Gasteiger partial charge in [0.2, 0.25) is 0 Å². The Hall–Kier alpha value is -0.0800. The number of hydrogen-bond donors (Lipinski definition) is 1. The molecule has 120 valence electrons. The number of hydrazine groups is 1. The molecular weight excluding hydrogens is 244 g/mol. The summed E-state index contributed by atoms with van der Waals surface area (Å²) in [5.41, 5.74) is 3.53. The summed E-state index contributed by atoms with van der Waals surface area (Å²) in [6, 6.07) is 0. The number of nitrogens with one attached hydrogen (secondary N) is 1. The average molecular weight is 283 g/mol. The lowest BCUT2D eigenvalue weighted by Gasteiger charge is -2.18.